The van der Waals surface area contributed by atoms with Crippen molar-refractivity contribution in [3.8, 4) is 17.9 Å². The molecule has 0 saturated carbocycles. The third-order valence-corrected chi connectivity index (χ3v) is 6.62. The van der Waals surface area contributed by atoms with E-state index in [9.17, 15) is 18.4 Å². The summed E-state index contributed by atoms with van der Waals surface area (Å²) in [7, 11) is 1.61. The molecule has 0 unspecified atom stereocenters. The molecule has 0 saturated heterocycles. The molecule has 208 valence electrons. The standard InChI is InChI=1S/C31H23F2N7O2/c1-19-28(30(42)40(39(19)2)18-22-7-11-25(32)26(33)15-22)29(41)35-13-3-4-20-8-12-27-23(14-20)17-36-31(38-27)37-24-9-5-21(16-34)6-10-24/h5-12,14-15,17H,13,18H2,1-2H3,(H,35,41)(H,36,37,38). The topological polar surface area (TPSA) is 118 Å². The predicted octanol–water partition coefficient (Wildman–Crippen LogP) is 4.16. The van der Waals surface area contributed by atoms with Gasteiger partial charge in [-0.15, -0.1) is 0 Å². The molecule has 0 aliphatic carbocycles. The monoisotopic (exact) mass is 563 g/mol. The number of nitrogens with one attached hydrogen (secondary N) is 2. The SMILES string of the molecule is Cc1c(C(=O)NCC#Cc2ccc3nc(Nc4ccc(C#N)cc4)ncc3c2)c(=O)n(Cc2ccc(F)c(F)c2)n1C. The fourth-order valence-corrected chi connectivity index (χ4v) is 4.30. The molecule has 9 nitrogen and oxygen atoms in total. The summed E-state index contributed by atoms with van der Waals surface area (Å²) in [6.07, 6.45) is 1.67. The van der Waals surface area contributed by atoms with E-state index in [0.29, 0.717) is 33.8 Å². The van der Waals surface area contributed by atoms with E-state index in [2.05, 4.69) is 38.5 Å². The molecule has 5 aromatic rings. The number of nitriles is 1. The number of rotatable bonds is 6. The van der Waals surface area contributed by atoms with Crippen molar-refractivity contribution in [1.29, 1.82) is 5.26 Å². The van der Waals surface area contributed by atoms with Crippen LogP contribution in [0.5, 0.6) is 0 Å². The maximum absolute atomic E-state index is 13.6. The van der Waals surface area contributed by atoms with Gasteiger partial charge in [0.1, 0.15) is 5.56 Å². The number of aromatic nitrogens is 4. The Morgan fingerprint density at radius 2 is 1.79 bits per heavy atom. The van der Waals surface area contributed by atoms with Crippen LogP contribution in [0.3, 0.4) is 0 Å². The van der Waals surface area contributed by atoms with Crippen LogP contribution in [0.2, 0.25) is 0 Å². The molecule has 1 amide bonds. The molecule has 5 rings (SSSR count). The zero-order valence-electron chi connectivity index (χ0n) is 22.6. The van der Waals surface area contributed by atoms with Gasteiger partial charge in [0.05, 0.1) is 30.2 Å². The van der Waals surface area contributed by atoms with Crippen molar-refractivity contribution in [2.45, 2.75) is 13.5 Å². The molecule has 0 aliphatic rings. The lowest BCUT2D eigenvalue weighted by Gasteiger charge is -2.08. The van der Waals surface area contributed by atoms with Gasteiger partial charge in [0.15, 0.2) is 11.6 Å². The van der Waals surface area contributed by atoms with Gasteiger partial charge in [-0.2, -0.15) is 5.26 Å². The predicted molar refractivity (Wildman–Crippen MR) is 153 cm³/mol. The highest BCUT2D eigenvalue weighted by Gasteiger charge is 2.21. The van der Waals surface area contributed by atoms with Crippen LogP contribution in [0.15, 0.2) is 71.7 Å². The minimum Gasteiger partial charge on any atom is -0.341 e. The second-order valence-electron chi connectivity index (χ2n) is 9.36. The summed E-state index contributed by atoms with van der Waals surface area (Å²) in [5, 5.41) is 15.5. The van der Waals surface area contributed by atoms with Gasteiger partial charge in [-0.1, -0.05) is 17.9 Å². The number of benzene rings is 3. The molecule has 0 atom stereocenters. The molecule has 0 radical (unpaired) electrons. The van der Waals surface area contributed by atoms with Crippen LogP contribution in [0.25, 0.3) is 10.9 Å². The van der Waals surface area contributed by atoms with Crippen LogP contribution in [0.4, 0.5) is 20.4 Å². The van der Waals surface area contributed by atoms with Crippen LogP contribution < -0.4 is 16.2 Å². The molecule has 2 aromatic heterocycles. The Kier molecular flexibility index (Phi) is 7.76. The van der Waals surface area contributed by atoms with Gasteiger partial charge in [-0.25, -0.2) is 23.4 Å². The van der Waals surface area contributed by atoms with Crippen molar-refractivity contribution in [1.82, 2.24) is 24.6 Å². The third kappa shape index (κ3) is 5.86. The first-order valence-electron chi connectivity index (χ1n) is 12.7. The average Bonchev–Trinajstić information content (AvgIpc) is 3.20. The van der Waals surface area contributed by atoms with Gasteiger partial charge in [0.2, 0.25) is 5.95 Å². The molecule has 2 heterocycles. The van der Waals surface area contributed by atoms with Gasteiger partial charge in [-0.05, 0) is 67.1 Å². The number of amides is 1. The van der Waals surface area contributed by atoms with E-state index in [1.807, 2.05) is 12.1 Å². The number of hydrogen-bond donors (Lipinski definition) is 2. The highest BCUT2D eigenvalue weighted by molar-refractivity contribution is 5.95. The number of fused-ring (bicyclic) bond motifs is 1. The largest absolute Gasteiger partial charge is 0.341 e. The van der Waals surface area contributed by atoms with E-state index in [1.54, 1.807) is 50.5 Å². The molecule has 11 heteroatoms. The Balaban J connectivity index is 1.23. The second-order valence-corrected chi connectivity index (χ2v) is 9.36. The van der Waals surface area contributed by atoms with Crippen molar-refractivity contribution < 1.29 is 13.6 Å². The first kappa shape index (κ1) is 27.7. The normalized spacial score (nSPS) is 10.5. The van der Waals surface area contributed by atoms with Crippen molar-refractivity contribution >= 4 is 28.4 Å². The van der Waals surface area contributed by atoms with Crippen molar-refractivity contribution in [2.75, 3.05) is 11.9 Å². The number of nitrogens with zero attached hydrogens (tertiary/aromatic N) is 5. The van der Waals surface area contributed by atoms with Crippen molar-refractivity contribution in [3.63, 3.8) is 0 Å². The van der Waals surface area contributed by atoms with E-state index < -0.39 is 23.1 Å². The van der Waals surface area contributed by atoms with Gasteiger partial charge >= 0.3 is 0 Å². The van der Waals surface area contributed by atoms with E-state index in [-0.39, 0.29) is 18.7 Å². The molecular formula is C31H23F2N7O2. The highest BCUT2D eigenvalue weighted by Crippen LogP contribution is 2.18. The lowest BCUT2D eigenvalue weighted by molar-refractivity contribution is 0.0956. The lowest BCUT2D eigenvalue weighted by Crippen LogP contribution is -2.31. The zero-order chi connectivity index (χ0) is 29.8. The van der Waals surface area contributed by atoms with Gasteiger partial charge < -0.3 is 10.6 Å². The summed E-state index contributed by atoms with van der Waals surface area (Å²) in [4.78, 5) is 34.7. The van der Waals surface area contributed by atoms with E-state index in [4.69, 9.17) is 5.26 Å². The Bertz CT molecular complexity index is 2000. The molecular weight excluding hydrogens is 540 g/mol. The third-order valence-electron chi connectivity index (χ3n) is 6.62. The number of anilines is 2. The fourth-order valence-electron chi connectivity index (χ4n) is 4.30. The minimum absolute atomic E-state index is 0.00222. The molecule has 0 spiro atoms. The summed E-state index contributed by atoms with van der Waals surface area (Å²) >= 11 is 0. The number of hydrogen-bond acceptors (Lipinski definition) is 6. The number of carbonyl (C=O) groups excluding carboxylic acids is 1. The maximum Gasteiger partial charge on any atom is 0.280 e. The first-order chi connectivity index (χ1) is 20.2. The van der Waals surface area contributed by atoms with Crippen molar-refractivity contribution in [3.05, 3.63) is 117 Å². The Hall–Kier alpha value is -5.81. The fraction of sp³-hybridized carbons (Fsp3) is 0.129. The molecule has 42 heavy (non-hydrogen) atoms. The molecule has 0 fully saturated rings. The van der Waals surface area contributed by atoms with Crippen LogP contribution >= 0.6 is 0 Å². The average molecular weight is 564 g/mol. The quantitative estimate of drug-likeness (QED) is 0.300. The molecule has 0 bridgehead atoms. The molecule has 3 aromatic carbocycles. The van der Waals surface area contributed by atoms with Gasteiger partial charge in [0.25, 0.3) is 11.5 Å². The minimum atomic E-state index is -1.01. The van der Waals surface area contributed by atoms with Crippen LogP contribution in [0, 0.1) is 41.7 Å². The summed E-state index contributed by atoms with van der Waals surface area (Å²) in [5.41, 5.74) is 2.93. The van der Waals surface area contributed by atoms with Crippen LogP contribution in [0.1, 0.15) is 32.7 Å². The second kappa shape index (κ2) is 11.7. The molecule has 0 aliphatic heterocycles. The van der Waals surface area contributed by atoms with E-state index >= 15 is 0 Å². The number of halogens is 2. The Morgan fingerprint density at radius 3 is 2.52 bits per heavy atom. The summed E-state index contributed by atoms with van der Waals surface area (Å²) in [5.74, 6) is 3.70. The Labute approximate surface area is 239 Å². The smallest absolute Gasteiger partial charge is 0.280 e. The summed E-state index contributed by atoms with van der Waals surface area (Å²) in [6.45, 7) is 1.60. The Morgan fingerprint density at radius 1 is 1.02 bits per heavy atom. The van der Waals surface area contributed by atoms with Gasteiger partial charge in [-0.3, -0.25) is 14.3 Å². The van der Waals surface area contributed by atoms with E-state index in [1.165, 1.54) is 15.4 Å². The maximum atomic E-state index is 13.6. The summed E-state index contributed by atoms with van der Waals surface area (Å²) < 4.78 is 29.7. The van der Waals surface area contributed by atoms with Crippen LogP contribution in [-0.4, -0.2) is 31.8 Å². The van der Waals surface area contributed by atoms with Crippen LogP contribution in [-0.2, 0) is 13.6 Å². The lowest BCUT2D eigenvalue weighted by atomic mass is 10.1. The van der Waals surface area contributed by atoms with Gasteiger partial charge in [0, 0.05) is 35.6 Å². The van der Waals surface area contributed by atoms with Crippen molar-refractivity contribution in [2.24, 2.45) is 7.05 Å². The zero-order valence-corrected chi connectivity index (χ0v) is 22.6. The van der Waals surface area contributed by atoms with E-state index in [0.717, 1.165) is 23.2 Å². The molecule has 2 N–H and O–H groups in total. The first-order valence-corrected chi connectivity index (χ1v) is 12.7. The summed E-state index contributed by atoms with van der Waals surface area (Å²) in [6, 6.07) is 17.9. The number of carbonyl (C=O) groups is 1. The highest BCUT2D eigenvalue weighted by atomic mass is 19.2.